The van der Waals surface area contributed by atoms with Crippen molar-refractivity contribution >= 4 is 21.5 Å². The minimum absolute atomic E-state index is 0.0771. The molecule has 1 heterocycles. The molecular weight excluding hydrogens is 607 g/mol. The fraction of sp³-hybridized carbons (Fsp3) is 0. The predicted molar refractivity (Wildman–Crippen MR) is 207 cm³/mol. The standard InChI is InChI=1S/C47H31N3/c1-4-15-32(16-5-1)37-25-13-27-43-42(37)26-14-28-44(43)47-49-45(34-19-8-3-9-20-34)48-46(50-47)36-22-12-21-35(31-36)39-30-29-38(33-17-6-2-7-18-33)40-23-10-11-24-41(39)40/h1-31H/i12D,21D,22D,31D. The Hall–Kier alpha value is -6.71. The molecule has 9 aromatic rings. The Bertz CT molecular complexity index is 2860. The Morgan fingerprint density at radius 3 is 1.30 bits per heavy atom. The molecule has 0 aliphatic heterocycles. The van der Waals surface area contributed by atoms with E-state index in [-0.39, 0.29) is 41.1 Å². The molecule has 0 aliphatic rings. The molecule has 0 unspecified atom stereocenters. The fourth-order valence-corrected chi connectivity index (χ4v) is 6.68. The Morgan fingerprint density at radius 1 is 0.300 bits per heavy atom. The summed E-state index contributed by atoms with van der Waals surface area (Å²) in [6.07, 6.45) is 0. The van der Waals surface area contributed by atoms with Gasteiger partial charge in [0.05, 0.1) is 5.48 Å². The molecule has 0 saturated carbocycles. The van der Waals surface area contributed by atoms with Crippen molar-refractivity contribution in [2.24, 2.45) is 0 Å². The molecule has 0 atom stereocenters. The molecule has 0 bridgehead atoms. The molecule has 0 amide bonds. The first-order chi connectivity index (χ1) is 26.5. The quantitative estimate of drug-likeness (QED) is 0.181. The number of fused-ring (bicyclic) bond motifs is 2. The fourth-order valence-electron chi connectivity index (χ4n) is 6.68. The minimum Gasteiger partial charge on any atom is -0.208 e. The Morgan fingerprint density at radius 2 is 0.700 bits per heavy atom. The van der Waals surface area contributed by atoms with Crippen molar-refractivity contribution in [3.8, 4) is 67.5 Å². The van der Waals surface area contributed by atoms with Crippen LogP contribution in [0.2, 0.25) is 0 Å². The SMILES string of the molecule is [2H]c1c([2H])c(-c2nc(-c3ccccc3)nc(-c3cccc4c(-c5ccccc5)cccc34)n2)c([2H])c(-c2ccc(-c3ccccc3)c3ccccc23)c1[2H]. The molecule has 8 aromatic carbocycles. The summed E-state index contributed by atoms with van der Waals surface area (Å²) in [5.41, 5.74) is 6.73. The predicted octanol–water partition coefficient (Wildman–Crippen LogP) is 12.2. The van der Waals surface area contributed by atoms with Crippen LogP contribution in [-0.2, 0) is 0 Å². The van der Waals surface area contributed by atoms with E-state index in [9.17, 15) is 1.37 Å². The number of nitrogens with zero attached hydrogens (tertiary/aromatic N) is 3. The third-order valence-electron chi connectivity index (χ3n) is 9.04. The lowest BCUT2D eigenvalue weighted by atomic mass is 9.91. The molecule has 0 radical (unpaired) electrons. The first kappa shape index (κ1) is 25.3. The number of hydrogen-bond acceptors (Lipinski definition) is 3. The zero-order valence-electron chi connectivity index (χ0n) is 30.9. The lowest BCUT2D eigenvalue weighted by Crippen LogP contribution is -2.00. The summed E-state index contributed by atoms with van der Waals surface area (Å²) in [6.45, 7) is 0. The van der Waals surface area contributed by atoms with Crippen molar-refractivity contribution in [3.63, 3.8) is 0 Å². The van der Waals surface area contributed by atoms with Gasteiger partial charge in [0.15, 0.2) is 17.5 Å². The van der Waals surface area contributed by atoms with Gasteiger partial charge in [0, 0.05) is 16.7 Å². The van der Waals surface area contributed by atoms with Crippen molar-refractivity contribution in [2.75, 3.05) is 0 Å². The highest BCUT2D eigenvalue weighted by atomic mass is 15.0. The van der Waals surface area contributed by atoms with Crippen LogP contribution in [0.4, 0.5) is 0 Å². The molecule has 0 saturated heterocycles. The van der Waals surface area contributed by atoms with Crippen LogP contribution in [0.25, 0.3) is 89.1 Å². The highest BCUT2D eigenvalue weighted by molar-refractivity contribution is 6.06. The van der Waals surface area contributed by atoms with E-state index >= 15 is 0 Å². The molecule has 0 spiro atoms. The second kappa shape index (κ2) is 12.7. The minimum atomic E-state index is -0.298. The van der Waals surface area contributed by atoms with E-state index in [2.05, 4.69) is 36.4 Å². The van der Waals surface area contributed by atoms with Crippen molar-refractivity contribution in [2.45, 2.75) is 0 Å². The summed E-state index contributed by atoms with van der Waals surface area (Å²) in [4.78, 5) is 14.9. The third-order valence-corrected chi connectivity index (χ3v) is 9.04. The summed E-state index contributed by atoms with van der Waals surface area (Å²) >= 11 is 0. The van der Waals surface area contributed by atoms with Gasteiger partial charge in [-0.1, -0.05) is 182 Å². The molecular formula is C47H31N3. The number of aromatic nitrogens is 3. The normalized spacial score (nSPS) is 12.3. The van der Waals surface area contributed by atoms with Gasteiger partial charge in [0.1, 0.15) is 0 Å². The molecule has 3 heteroatoms. The van der Waals surface area contributed by atoms with Gasteiger partial charge in [-0.3, -0.25) is 0 Å². The third kappa shape index (κ3) is 5.41. The average Bonchev–Trinajstić information content (AvgIpc) is 3.23. The van der Waals surface area contributed by atoms with E-state index in [1.165, 1.54) is 0 Å². The average molecular weight is 642 g/mol. The Balaban J connectivity index is 1.29. The van der Waals surface area contributed by atoms with Crippen LogP contribution in [-0.4, -0.2) is 15.0 Å². The van der Waals surface area contributed by atoms with E-state index in [1.54, 1.807) is 0 Å². The van der Waals surface area contributed by atoms with Gasteiger partial charge in [-0.2, -0.15) is 0 Å². The van der Waals surface area contributed by atoms with Crippen LogP contribution >= 0.6 is 0 Å². The van der Waals surface area contributed by atoms with Crippen LogP contribution in [0.1, 0.15) is 5.48 Å². The molecule has 3 nitrogen and oxygen atoms in total. The molecule has 50 heavy (non-hydrogen) atoms. The van der Waals surface area contributed by atoms with E-state index in [1.807, 2.05) is 127 Å². The van der Waals surface area contributed by atoms with Crippen LogP contribution < -0.4 is 0 Å². The largest absolute Gasteiger partial charge is 0.208 e. The van der Waals surface area contributed by atoms with Gasteiger partial charge in [-0.25, -0.2) is 15.0 Å². The van der Waals surface area contributed by atoms with E-state index in [0.29, 0.717) is 17.2 Å². The van der Waals surface area contributed by atoms with Crippen molar-refractivity contribution in [3.05, 3.63) is 188 Å². The maximum Gasteiger partial charge on any atom is 0.164 e. The highest BCUT2D eigenvalue weighted by Gasteiger charge is 2.17. The topological polar surface area (TPSA) is 38.7 Å². The number of hydrogen-bond donors (Lipinski definition) is 0. The van der Waals surface area contributed by atoms with Crippen molar-refractivity contribution < 1.29 is 5.48 Å². The van der Waals surface area contributed by atoms with E-state index < -0.39 is 0 Å². The van der Waals surface area contributed by atoms with Crippen LogP contribution in [0.5, 0.6) is 0 Å². The molecule has 0 aliphatic carbocycles. The zero-order valence-corrected chi connectivity index (χ0v) is 26.9. The van der Waals surface area contributed by atoms with Crippen LogP contribution in [0.15, 0.2) is 188 Å². The zero-order chi connectivity index (χ0) is 36.8. The number of rotatable bonds is 6. The summed E-state index contributed by atoms with van der Waals surface area (Å²) in [5.74, 6) is 0.866. The molecule has 1 aromatic heterocycles. The van der Waals surface area contributed by atoms with Gasteiger partial charge in [0.2, 0.25) is 0 Å². The first-order valence-corrected chi connectivity index (χ1v) is 16.5. The van der Waals surface area contributed by atoms with Crippen molar-refractivity contribution in [1.82, 2.24) is 15.0 Å². The first-order valence-electron chi connectivity index (χ1n) is 18.5. The molecule has 234 valence electrons. The monoisotopic (exact) mass is 641 g/mol. The Kier molecular flexibility index (Phi) is 6.44. The van der Waals surface area contributed by atoms with Gasteiger partial charge in [0.25, 0.3) is 0 Å². The summed E-state index contributed by atoms with van der Waals surface area (Å²) in [5, 5.41) is 3.78. The number of benzene rings is 8. The maximum absolute atomic E-state index is 9.67. The molecule has 0 fully saturated rings. The summed E-state index contributed by atoms with van der Waals surface area (Å²) in [6, 6.07) is 53.1. The van der Waals surface area contributed by atoms with Gasteiger partial charge in [-0.15, -0.1) is 0 Å². The smallest absolute Gasteiger partial charge is 0.164 e. The van der Waals surface area contributed by atoms with Crippen molar-refractivity contribution in [1.29, 1.82) is 0 Å². The summed E-state index contributed by atoms with van der Waals surface area (Å²) < 4.78 is 37.0. The summed E-state index contributed by atoms with van der Waals surface area (Å²) in [7, 11) is 0. The van der Waals surface area contributed by atoms with Crippen LogP contribution in [0.3, 0.4) is 0 Å². The lowest BCUT2D eigenvalue weighted by Gasteiger charge is -2.14. The van der Waals surface area contributed by atoms with Crippen LogP contribution in [0, 0.1) is 0 Å². The Labute approximate surface area is 296 Å². The maximum atomic E-state index is 9.67. The van der Waals surface area contributed by atoms with Gasteiger partial charge < -0.3 is 0 Å². The highest BCUT2D eigenvalue weighted by Crippen LogP contribution is 2.38. The van der Waals surface area contributed by atoms with E-state index in [0.717, 1.165) is 54.9 Å². The van der Waals surface area contributed by atoms with E-state index in [4.69, 9.17) is 19.1 Å². The lowest BCUT2D eigenvalue weighted by molar-refractivity contribution is 1.08. The van der Waals surface area contributed by atoms with Gasteiger partial charge in [-0.05, 0) is 61.0 Å². The second-order valence-electron chi connectivity index (χ2n) is 12.1. The second-order valence-corrected chi connectivity index (χ2v) is 12.1. The van der Waals surface area contributed by atoms with Gasteiger partial charge >= 0.3 is 0 Å². The molecule has 0 N–H and O–H groups in total. The molecule has 9 rings (SSSR count).